The summed E-state index contributed by atoms with van der Waals surface area (Å²) in [7, 11) is 0. The molecule has 0 saturated carbocycles. The second kappa shape index (κ2) is 10.8. The Morgan fingerprint density at radius 1 is 1.15 bits per heavy atom. The lowest BCUT2D eigenvalue weighted by molar-refractivity contribution is 0.304. The van der Waals surface area contributed by atoms with Gasteiger partial charge in [0.25, 0.3) is 5.56 Å². The van der Waals surface area contributed by atoms with Gasteiger partial charge in [-0.05, 0) is 63.8 Å². The third-order valence-corrected chi connectivity index (χ3v) is 6.82. The Kier molecular flexibility index (Phi) is 7.86. The summed E-state index contributed by atoms with van der Waals surface area (Å²) in [6.07, 6.45) is 2.44. The van der Waals surface area contributed by atoms with Gasteiger partial charge in [-0.25, -0.2) is 4.98 Å². The minimum atomic E-state index is -0.217. The highest BCUT2D eigenvalue weighted by Gasteiger charge is 2.16. The highest BCUT2D eigenvalue weighted by molar-refractivity contribution is 9.10. The van der Waals surface area contributed by atoms with Crippen LogP contribution in [-0.2, 0) is 6.61 Å². The molecule has 0 saturated heterocycles. The van der Waals surface area contributed by atoms with Gasteiger partial charge in [0.2, 0.25) is 0 Å². The number of ether oxygens (including phenoxy) is 1. The molecule has 34 heavy (non-hydrogen) atoms. The Labute approximate surface area is 219 Å². The van der Waals surface area contributed by atoms with Gasteiger partial charge >= 0.3 is 0 Å². The molecule has 174 valence electrons. The maximum atomic E-state index is 13.3. The molecule has 1 atom stereocenters. The third-order valence-electron chi connectivity index (χ3n) is 5.46. The van der Waals surface area contributed by atoms with E-state index in [2.05, 4.69) is 43.9 Å². The number of rotatable bonds is 7. The average Bonchev–Trinajstić information content (AvgIpc) is 2.83. The van der Waals surface area contributed by atoms with Crippen molar-refractivity contribution < 1.29 is 4.74 Å². The highest BCUT2D eigenvalue weighted by Crippen LogP contribution is 2.34. The maximum Gasteiger partial charge on any atom is 0.282 e. The number of hydrogen-bond donors (Lipinski definition) is 0. The van der Waals surface area contributed by atoms with Crippen molar-refractivity contribution in [2.75, 3.05) is 0 Å². The Morgan fingerprint density at radius 2 is 1.91 bits per heavy atom. The fourth-order valence-corrected chi connectivity index (χ4v) is 4.78. The van der Waals surface area contributed by atoms with Crippen LogP contribution in [0, 0.1) is 0 Å². The lowest BCUT2D eigenvalue weighted by Gasteiger charge is -2.14. The van der Waals surface area contributed by atoms with Crippen LogP contribution in [0.25, 0.3) is 10.9 Å². The number of benzene rings is 3. The Morgan fingerprint density at radius 3 is 2.62 bits per heavy atom. The Hall–Kier alpha value is -2.48. The van der Waals surface area contributed by atoms with E-state index < -0.39 is 0 Å². The molecule has 0 N–H and O–H groups in total. The minimum Gasteiger partial charge on any atom is -0.486 e. The molecule has 0 fully saturated rings. The quantitative estimate of drug-likeness (QED) is 0.205. The zero-order valence-electron chi connectivity index (χ0n) is 18.6. The highest BCUT2D eigenvalue weighted by atomic mass is 79.9. The molecule has 0 aliphatic heterocycles. The number of fused-ring (bicyclic) bond motifs is 1. The average molecular weight is 604 g/mol. The molecule has 0 aliphatic carbocycles. The van der Waals surface area contributed by atoms with Crippen molar-refractivity contribution in [3.63, 3.8) is 0 Å². The lowest BCUT2D eigenvalue weighted by Crippen LogP contribution is -2.23. The molecule has 8 heteroatoms. The zero-order valence-corrected chi connectivity index (χ0v) is 22.6. The topological polar surface area (TPSA) is 56.5 Å². The largest absolute Gasteiger partial charge is 0.486 e. The standard InChI is InChI=1S/C26H22Br2ClN3O2/c1-3-16(2)25-31-23-10-9-19(27)13-20(23)26(33)32(25)30-14-18-11-21(28)24(22(29)12-18)34-15-17-7-5-4-6-8-17/h4-14,16H,3,15H2,1-2H3/t16-/m0/s1. The first-order valence-corrected chi connectivity index (χ1v) is 12.8. The molecule has 0 bridgehead atoms. The molecule has 1 aromatic heterocycles. The number of hydrogen-bond acceptors (Lipinski definition) is 4. The van der Waals surface area contributed by atoms with Crippen LogP contribution in [0.5, 0.6) is 5.75 Å². The van der Waals surface area contributed by atoms with Crippen molar-refractivity contribution in [1.82, 2.24) is 9.66 Å². The number of halogens is 3. The van der Waals surface area contributed by atoms with Gasteiger partial charge in [-0.15, -0.1) is 0 Å². The van der Waals surface area contributed by atoms with Crippen LogP contribution in [-0.4, -0.2) is 15.9 Å². The monoisotopic (exact) mass is 601 g/mol. The first kappa shape index (κ1) is 24.6. The zero-order chi connectivity index (χ0) is 24.2. The van der Waals surface area contributed by atoms with Crippen LogP contribution in [0.4, 0.5) is 0 Å². The maximum absolute atomic E-state index is 13.3. The van der Waals surface area contributed by atoms with Crippen LogP contribution in [0.2, 0.25) is 5.02 Å². The predicted molar refractivity (Wildman–Crippen MR) is 145 cm³/mol. The summed E-state index contributed by atoms with van der Waals surface area (Å²) in [5, 5.41) is 5.46. The van der Waals surface area contributed by atoms with Gasteiger partial charge < -0.3 is 4.74 Å². The van der Waals surface area contributed by atoms with Gasteiger partial charge in [0.1, 0.15) is 12.4 Å². The summed E-state index contributed by atoms with van der Waals surface area (Å²) in [6.45, 7) is 4.49. The number of aromatic nitrogens is 2. The van der Waals surface area contributed by atoms with Crippen molar-refractivity contribution >= 4 is 60.6 Å². The fourth-order valence-electron chi connectivity index (χ4n) is 3.43. The van der Waals surface area contributed by atoms with Gasteiger partial charge in [-0.3, -0.25) is 4.79 Å². The summed E-state index contributed by atoms with van der Waals surface area (Å²) < 4.78 is 8.82. The number of nitrogens with zero attached hydrogens (tertiary/aromatic N) is 3. The summed E-state index contributed by atoms with van der Waals surface area (Å²) in [4.78, 5) is 18.0. The van der Waals surface area contributed by atoms with Crippen molar-refractivity contribution in [3.05, 3.63) is 102 Å². The molecular weight excluding hydrogens is 582 g/mol. The van der Waals surface area contributed by atoms with E-state index >= 15 is 0 Å². The Balaban J connectivity index is 1.68. The molecule has 1 heterocycles. The summed E-state index contributed by atoms with van der Waals surface area (Å²) >= 11 is 13.5. The van der Waals surface area contributed by atoms with E-state index in [0.29, 0.717) is 38.6 Å². The molecule has 0 radical (unpaired) electrons. The van der Waals surface area contributed by atoms with Gasteiger partial charge in [0.05, 0.1) is 26.6 Å². The van der Waals surface area contributed by atoms with E-state index in [0.717, 1.165) is 22.0 Å². The molecule has 0 aliphatic rings. The molecule has 3 aromatic carbocycles. The van der Waals surface area contributed by atoms with Crippen molar-refractivity contribution in [1.29, 1.82) is 0 Å². The Bertz CT molecular complexity index is 1400. The molecule has 5 nitrogen and oxygen atoms in total. The van der Waals surface area contributed by atoms with E-state index in [-0.39, 0.29) is 11.5 Å². The van der Waals surface area contributed by atoms with Gasteiger partial charge in [0.15, 0.2) is 5.75 Å². The van der Waals surface area contributed by atoms with Crippen molar-refractivity contribution in [2.24, 2.45) is 5.10 Å². The van der Waals surface area contributed by atoms with E-state index in [9.17, 15) is 4.79 Å². The first-order valence-electron chi connectivity index (χ1n) is 10.8. The molecule has 0 spiro atoms. The smallest absolute Gasteiger partial charge is 0.282 e. The van der Waals surface area contributed by atoms with Crippen LogP contribution in [0.3, 0.4) is 0 Å². The first-order chi connectivity index (χ1) is 16.4. The van der Waals surface area contributed by atoms with Crippen molar-refractivity contribution in [2.45, 2.75) is 32.8 Å². The second-order valence-electron chi connectivity index (χ2n) is 7.89. The molecule has 4 rings (SSSR count). The third kappa shape index (κ3) is 5.43. The lowest BCUT2D eigenvalue weighted by atomic mass is 10.1. The van der Waals surface area contributed by atoms with Gasteiger partial charge in [-0.2, -0.15) is 9.78 Å². The molecule has 0 unspecified atom stereocenters. The van der Waals surface area contributed by atoms with Crippen LogP contribution >= 0.6 is 43.5 Å². The van der Waals surface area contributed by atoms with E-state index in [1.54, 1.807) is 18.3 Å². The normalized spacial score (nSPS) is 12.4. The fraction of sp³-hybridized carbons (Fsp3) is 0.192. The van der Waals surface area contributed by atoms with Crippen LogP contribution in [0.1, 0.15) is 43.1 Å². The summed E-state index contributed by atoms with van der Waals surface area (Å²) in [5.41, 5.74) is 2.20. The summed E-state index contributed by atoms with van der Waals surface area (Å²) in [6, 6.07) is 19.0. The van der Waals surface area contributed by atoms with E-state index in [1.165, 1.54) is 4.68 Å². The molecule has 4 aromatic rings. The predicted octanol–water partition coefficient (Wildman–Crippen LogP) is 7.55. The van der Waals surface area contributed by atoms with Crippen molar-refractivity contribution in [3.8, 4) is 5.75 Å². The van der Waals surface area contributed by atoms with Gasteiger partial charge in [-0.1, -0.05) is 71.7 Å². The SMILES string of the molecule is CC[C@H](C)c1nc2ccc(Br)cc2c(=O)n1N=Cc1cc(Cl)c(OCc2ccccc2)c(Br)c1. The van der Waals surface area contributed by atoms with E-state index in [4.69, 9.17) is 21.3 Å². The van der Waals surface area contributed by atoms with Crippen LogP contribution in [0.15, 0.2) is 79.5 Å². The molecular formula is C26H22Br2ClN3O2. The van der Waals surface area contributed by atoms with Crippen LogP contribution < -0.4 is 10.3 Å². The minimum absolute atomic E-state index is 0.0574. The summed E-state index contributed by atoms with van der Waals surface area (Å²) in [5.74, 6) is 1.23. The molecule has 0 amide bonds. The second-order valence-corrected chi connectivity index (χ2v) is 10.1. The van der Waals surface area contributed by atoms with Gasteiger partial charge in [0, 0.05) is 10.4 Å². The van der Waals surface area contributed by atoms with E-state index in [1.807, 2.05) is 55.5 Å².